The number of hydrogen-bond donors (Lipinski definition) is 5. The van der Waals surface area contributed by atoms with Crippen molar-refractivity contribution in [1.29, 1.82) is 0 Å². The van der Waals surface area contributed by atoms with E-state index >= 15 is 0 Å². The van der Waals surface area contributed by atoms with Gasteiger partial charge in [-0.2, -0.15) is 0 Å². The van der Waals surface area contributed by atoms with Gasteiger partial charge in [0.15, 0.2) is 0 Å². The zero-order valence-corrected chi connectivity index (χ0v) is 19.2. The van der Waals surface area contributed by atoms with Crippen molar-refractivity contribution in [1.82, 2.24) is 16.0 Å². The van der Waals surface area contributed by atoms with Crippen LogP contribution in [0.5, 0.6) is 0 Å². The maximum atomic E-state index is 12.9. The van der Waals surface area contributed by atoms with Crippen LogP contribution >= 0.6 is 0 Å². The third-order valence-corrected chi connectivity index (χ3v) is 5.55. The van der Waals surface area contributed by atoms with Gasteiger partial charge in [0.2, 0.25) is 5.91 Å². The Kier molecular flexibility index (Phi) is 10.4. The summed E-state index contributed by atoms with van der Waals surface area (Å²) in [5.74, 6) is -1.76. The number of hydrogen-bond acceptors (Lipinski definition) is 4. The highest BCUT2D eigenvalue weighted by Crippen LogP contribution is 2.09. The molecule has 2 aromatic carbocycles. The molecule has 0 aromatic heterocycles. The number of urea groups is 1. The first-order valence-electron chi connectivity index (χ1n) is 11.2. The quantitative estimate of drug-likeness (QED) is 0.335. The van der Waals surface area contributed by atoms with E-state index in [9.17, 15) is 19.5 Å². The van der Waals surface area contributed by atoms with Crippen molar-refractivity contribution in [3.05, 3.63) is 71.8 Å². The van der Waals surface area contributed by atoms with Crippen LogP contribution in [-0.4, -0.2) is 47.7 Å². The highest BCUT2D eigenvalue weighted by atomic mass is 16.4. The predicted octanol–water partition coefficient (Wildman–Crippen LogP) is 2.08. The van der Waals surface area contributed by atoms with E-state index in [1.165, 1.54) is 0 Å². The molecule has 178 valence electrons. The molecule has 33 heavy (non-hydrogen) atoms. The van der Waals surface area contributed by atoms with E-state index in [0.717, 1.165) is 11.1 Å². The minimum atomic E-state index is -1.12. The topological polar surface area (TPSA) is 134 Å². The van der Waals surface area contributed by atoms with Crippen LogP contribution in [0.3, 0.4) is 0 Å². The monoisotopic (exact) mass is 454 g/mol. The third-order valence-electron chi connectivity index (χ3n) is 5.55. The van der Waals surface area contributed by atoms with Crippen molar-refractivity contribution in [3.63, 3.8) is 0 Å². The Morgan fingerprint density at radius 2 is 1.45 bits per heavy atom. The molecule has 3 amide bonds. The number of carbonyl (C=O) groups excluding carboxylic acids is 2. The van der Waals surface area contributed by atoms with E-state index in [1.807, 2.05) is 67.6 Å². The van der Waals surface area contributed by atoms with Crippen LogP contribution in [0.25, 0.3) is 0 Å². The summed E-state index contributed by atoms with van der Waals surface area (Å²) in [5.41, 5.74) is 8.11. The Morgan fingerprint density at radius 3 is 1.97 bits per heavy atom. The van der Waals surface area contributed by atoms with E-state index in [4.69, 9.17) is 5.73 Å². The normalized spacial score (nSPS) is 14.4. The summed E-state index contributed by atoms with van der Waals surface area (Å²) >= 11 is 0. The second kappa shape index (κ2) is 13.2. The van der Waals surface area contributed by atoms with Gasteiger partial charge in [0, 0.05) is 19.0 Å². The molecule has 8 nitrogen and oxygen atoms in total. The number of aliphatic carboxylic acids is 1. The summed E-state index contributed by atoms with van der Waals surface area (Å²) in [6, 6.07) is 16.1. The van der Waals surface area contributed by atoms with Crippen molar-refractivity contribution in [2.75, 3.05) is 6.54 Å². The van der Waals surface area contributed by atoms with Crippen LogP contribution in [0, 0.1) is 5.92 Å². The lowest BCUT2D eigenvalue weighted by molar-refractivity contribution is -0.140. The molecule has 0 radical (unpaired) electrons. The lowest BCUT2D eigenvalue weighted by Crippen LogP contribution is -2.56. The Hall–Kier alpha value is -3.39. The number of nitrogens with one attached hydrogen (secondary N) is 3. The van der Waals surface area contributed by atoms with Crippen molar-refractivity contribution in [2.45, 2.75) is 51.2 Å². The Labute approximate surface area is 195 Å². The first kappa shape index (κ1) is 25.9. The standard InChI is InChI=1S/C25H34N4O4/c1-3-17(2)22(24(31)32)29-25(33)28-21(15-19-12-8-5-9-13-19)23(30)27-16-20(26)14-18-10-6-4-7-11-18/h4-13,17,20-22H,3,14-16,26H2,1-2H3,(H,27,30)(H,31,32)(H2,28,29,33)/t17-,20+,21-,22-/m0/s1. The predicted molar refractivity (Wildman–Crippen MR) is 128 cm³/mol. The lowest BCUT2D eigenvalue weighted by atomic mass is 9.99. The number of carboxylic acids is 1. The molecular weight excluding hydrogens is 420 g/mol. The van der Waals surface area contributed by atoms with E-state index in [-0.39, 0.29) is 30.8 Å². The summed E-state index contributed by atoms with van der Waals surface area (Å²) in [4.78, 5) is 37.0. The molecule has 4 atom stereocenters. The number of carbonyl (C=O) groups is 3. The fourth-order valence-electron chi connectivity index (χ4n) is 3.43. The number of rotatable bonds is 12. The average Bonchev–Trinajstić information content (AvgIpc) is 2.81. The number of amides is 3. The van der Waals surface area contributed by atoms with Gasteiger partial charge in [-0.1, -0.05) is 80.9 Å². The van der Waals surface area contributed by atoms with Crippen LogP contribution in [0.1, 0.15) is 31.4 Å². The van der Waals surface area contributed by atoms with Crippen molar-refractivity contribution in [3.8, 4) is 0 Å². The first-order chi connectivity index (χ1) is 15.8. The first-order valence-corrected chi connectivity index (χ1v) is 11.2. The molecule has 8 heteroatoms. The summed E-state index contributed by atoms with van der Waals surface area (Å²) in [5, 5.41) is 17.4. The van der Waals surface area contributed by atoms with Gasteiger partial charge < -0.3 is 26.8 Å². The maximum absolute atomic E-state index is 12.9. The average molecular weight is 455 g/mol. The highest BCUT2D eigenvalue weighted by molar-refractivity contribution is 5.89. The molecule has 0 saturated heterocycles. The molecule has 0 aliphatic carbocycles. The van der Waals surface area contributed by atoms with Crippen molar-refractivity contribution in [2.24, 2.45) is 11.7 Å². The van der Waals surface area contributed by atoms with Gasteiger partial charge in [0.25, 0.3) is 0 Å². The molecule has 0 bridgehead atoms. The minimum Gasteiger partial charge on any atom is -0.480 e. The molecule has 0 saturated carbocycles. The van der Waals surface area contributed by atoms with E-state index < -0.39 is 24.1 Å². The fraction of sp³-hybridized carbons (Fsp3) is 0.400. The van der Waals surface area contributed by atoms with E-state index in [0.29, 0.717) is 12.8 Å². The zero-order valence-electron chi connectivity index (χ0n) is 19.2. The molecule has 0 heterocycles. The highest BCUT2D eigenvalue weighted by Gasteiger charge is 2.28. The molecular formula is C25H34N4O4. The molecule has 0 aliphatic heterocycles. The van der Waals surface area contributed by atoms with E-state index in [2.05, 4.69) is 16.0 Å². The molecule has 2 aromatic rings. The van der Waals surface area contributed by atoms with Gasteiger partial charge in [0.05, 0.1) is 0 Å². The van der Waals surface area contributed by atoms with Crippen LogP contribution in [-0.2, 0) is 22.4 Å². The summed E-state index contributed by atoms with van der Waals surface area (Å²) in [6.45, 7) is 3.85. The largest absolute Gasteiger partial charge is 0.480 e. The third kappa shape index (κ3) is 8.94. The SMILES string of the molecule is CC[C@H](C)[C@H](NC(=O)N[C@@H](Cc1ccccc1)C(=O)NC[C@H](N)Cc1ccccc1)C(=O)O. The Bertz CT molecular complexity index is 892. The summed E-state index contributed by atoms with van der Waals surface area (Å²) in [6.07, 6.45) is 1.45. The second-order valence-electron chi connectivity index (χ2n) is 8.26. The van der Waals surface area contributed by atoms with Gasteiger partial charge >= 0.3 is 12.0 Å². The van der Waals surface area contributed by atoms with Crippen molar-refractivity contribution >= 4 is 17.9 Å². The Morgan fingerprint density at radius 1 is 0.909 bits per heavy atom. The molecule has 0 spiro atoms. The van der Waals surface area contributed by atoms with Crippen LogP contribution in [0.2, 0.25) is 0 Å². The van der Waals surface area contributed by atoms with Gasteiger partial charge in [-0.05, 0) is 23.5 Å². The van der Waals surface area contributed by atoms with Gasteiger partial charge in [0.1, 0.15) is 12.1 Å². The molecule has 2 rings (SSSR count). The van der Waals surface area contributed by atoms with Crippen LogP contribution in [0.15, 0.2) is 60.7 Å². The van der Waals surface area contributed by atoms with Crippen molar-refractivity contribution < 1.29 is 19.5 Å². The number of nitrogens with two attached hydrogens (primary N) is 1. The minimum absolute atomic E-state index is 0.243. The van der Waals surface area contributed by atoms with Crippen LogP contribution in [0.4, 0.5) is 4.79 Å². The molecule has 0 fully saturated rings. The molecule has 6 N–H and O–H groups in total. The van der Waals surface area contributed by atoms with Gasteiger partial charge in [-0.3, -0.25) is 4.79 Å². The summed E-state index contributed by atoms with van der Waals surface area (Å²) < 4.78 is 0. The maximum Gasteiger partial charge on any atom is 0.326 e. The second-order valence-corrected chi connectivity index (χ2v) is 8.26. The fourth-order valence-corrected chi connectivity index (χ4v) is 3.43. The van der Waals surface area contributed by atoms with Gasteiger partial charge in [-0.15, -0.1) is 0 Å². The van der Waals surface area contributed by atoms with E-state index in [1.54, 1.807) is 6.92 Å². The molecule has 0 unspecified atom stereocenters. The molecule has 0 aliphatic rings. The van der Waals surface area contributed by atoms with Gasteiger partial charge in [-0.25, -0.2) is 9.59 Å². The Balaban J connectivity index is 2.02. The summed E-state index contributed by atoms with van der Waals surface area (Å²) in [7, 11) is 0. The zero-order chi connectivity index (χ0) is 24.2. The number of benzene rings is 2. The smallest absolute Gasteiger partial charge is 0.326 e. The number of carboxylic acid groups (broad SMARTS) is 1. The van der Waals surface area contributed by atoms with Crippen LogP contribution < -0.4 is 21.7 Å². The lowest BCUT2D eigenvalue weighted by Gasteiger charge is -2.24.